The molecular formula is C17H21FN2O3. The predicted octanol–water partition coefficient (Wildman–Crippen LogP) is 2.38. The molecule has 1 aliphatic carbocycles. The van der Waals surface area contributed by atoms with E-state index in [4.69, 9.17) is 4.74 Å². The lowest BCUT2D eigenvalue weighted by Gasteiger charge is -2.26. The van der Waals surface area contributed by atoms with E-state index in [2.05, 4.69) is 5.32 Å². The molecule has 1 N–H and O–H groups in total. The van der Waals surface area contributed by atoms with Gasteiger partial charge in [0.2, 0.25) is 0 Å². The third kappa shape index (κ3) is 2.83. The van der Waals surface area contributed by atoms with Gasteiger partial charge in [0.25, 0.3) is 0 Å². The molecule has 0 saturated heterocycles. The number of carbonyl (C=O) groups excluding carboxylic acids is 2. The molecule has 5 nitrogen and oxygen atoms in total. The maximum Gasteiger partial charge on any atom is 0.410 e. The largest absolute Gasteiger partial charge is 0.446 e. The van der Waals surface area contributed by atoms with Gasteiger partial charge in [0, 0.05) is 18.5 Å². The third-order valence-corrected chi connectivity index (χ3v) is 5.07. The van der Waals surface area contributed by atoms with Crippen LogP contribution in [0.1, 0.15) is 37.3 Å². The number of ketones is 1. The Bertz CT molecular complexity index is 649. The molecule has 0 bridgehead atoms. The number of fused-ring (bicyclic) bond motifs is 1. The average molecular weight is 320 g/mol. The van der Waals surface area contributed by atoms with Gasteiger partial charge in [0.15, 0.2) is 0 Å². The first-order valence-electron chi connectivity index (χ1n) is 7.87. The molecule has 3 rings (SSSR count). The molecule has 2 atom stereocenters. The summed E-state index contributed by atoms with van der Waals surface area (Å²) in [6.07, 6.45) is 1.07. The molecule has 2 unspecified atom stereocenters. The number of halogens is 1. The zero-order chi connectivity index (χ0) is 16.6. The topological polar surface area (TPSA) is 58.6 Å². The molecule has 23 heavy (non-hydrogen) atoms. The van der Waals surface area contributed by atoms with Crippen LogP contribution < -0.4 is 5.32 Å². The fourth-order valence-electron chi connectivity index (χ4n) is 3.55. The monoisotopic (exact) mass is 320 g/mol. The highest BCUT2D eigenvalue weighted by Crippen LogP contribution is 2.33. The van der Waals surface area contributed by atoms with Crippen molar-refractivity contribution in [2.24, 2.45) is 0 Å². The second-order valence-electron chi connectivity index (χ2n) is 6.37. The minimum Gasteiger partial charge on any atom is -0.446 e. The van der Waals surface area contributed by atoms with Gasteiger partial charge in [-0.25, -0.2) is 9.18 Å². The maximum atomic E-state index is 13.7. The van der Waals surface area contributed by atoms with Crippen molar-refractivity contribution in [3.8, 4) is 0 Å². The fraction of sp³-hybridized carbons (Fsp3) is 0.529. The minimum atomic E-state index is -0.592. The van der Waals surface area contributed by atoms with Gasteiger partial charge in [-0.1, -0.05) is 12.1 Å². The van der Waals surface area contributed by atoms with Crippen molar-refractivity contribution in [1.82, 2.24) is 10.2 Å². The van der Waals surface area contributed by atoms with E-state index >= 15 is 0 Å². The summed E-state index contributed by atoms with van der Waals surface area (Å²) in [5, 5.41) is 3.07. The van der Waals surface area contributed by atoms with E-state index in [1.807, 2.05) is 6.07 Å². The van der Waals surface area contributed by atoms with E-state index < -0.39 is 11.6 Å². The van der Waals surface area contributed by atoms with Gasteiger partial charge in [-0.05, 0) is 38.4 Å². The zero-order valence-corrected chi connectivity index (χ0v) is 13.4. The van der Waals surface area contributed by atoms with Crippen LogP contribution in [0, 0.1) is 5.82 Å². The summed E-state index contributed by atoms with van der Waals surface area (Å²) in [4.78, 5) is 25.6. The van der Waals surface area contributed by atoms with Gasteiger partial charge < -0.3 is 10.1 Å². The molecule has 1 heterocycles. The molecule has 0 aromatic heterocycles. The Morgan fingerprint density at radius 1 is 1.39 bits per heavy atom. The molecule has 1 aromatic rings. The average Bonchev–Trinajstić information content (AvgIpc) is 3.12. The van der Waals surface area contributed by atoms with E-state index in [0.29, 0.717) is 31.4 Å². The van der Waals surface area contributed by atoms with Crippen LogP contribution in [0.15, 0.2) is 18.2 Å². The van der Waals surface area contributed by atoms with E-state index in [-0.39, 0.29) is 24.2 Å². The highest BCUT2D eigenvalue weighted by atomic mass is 19.1. The number of Topliss-reactive ketones (excluding diaryl/α,β-unsaturated/α-hetero) is 1. The Morgan fingerprint density at radius 3 is 2.78 bits per heavy atom. The highest BCUT2D eigenvalue weighted by molar-refractivity contribution is 5.86. The first kappa shape index (κ1) is 15.9. The van der Waals surface area contributed by atoms with Crippen LogP contribution in [0.4, 0.5) is 9.18 Å². The van der Waals surface area contributed by atoms with Crippen LogP contribution in [-0.4, -0.2) is 35.5 Å². The molecule has 0 radical (unpaired) electrons. The van der Waals surface area contributed by atoms with Crippen LogP contribution in [-0.2, 0) is 22.6 Å². The molecule has 0 spiro atoms. The quantitative estimate of drug-likeness (QED) is 0.929. The number of likely N-dealkylation sites (N-methyl/N-ethyl adjacent to an activating group) is 1. The molecule has 1 saturated carbocycles. The number of hydrogen-bond donors (Lipinski definition) is 1. The van der Waals surface area contributed by atoms with Gasteiger partial charge in [-0.3, -0.25) is 9.69 Å². The normalized spacial score (nSPS) is 26.2. The van der Waals surface area contributed by atoms with Crippen molar-refractivity contribution < 1.29 is 18.7 Å². The predicted molar refractivity (Wildman–Crippen MR) is 82.2 cm³/mol. The Balaban J connectivity index is 1.62. The zero-order valence-electron chi connectivity index (χ0n) is 13.4. The summed E-state index contributed by atoms with van der Waals surface area (Å²) in [6, 6.07) is 4.87. The number of ether oxygens (including phenoxy) is 1. The van der Waals surface area contributed by atoms with Gasteiger partial charge in [-0.2, -0.15) is 0 Å². The van der Waals surface area contributed by atoms with E-state index in [1.54, 1.807) is 20.0 Å². The Labute approximate surface area is 134 Å². The summed E-state index contributed by atoms with van der Waals surface area (Å²) < 4.78 is 19.3. The molecule has 2 aliphatic rings. The minimum absolute atomic E-state index is 0.0641. The SMILES string of the molecule is CNC1(C(C)=O)CCC(OC(=O)N2Cc3cccc(F)c3C2)C1. The standard InChI is InChI=1S/C17H21FN2O3/c1-11(21)17(19-2)7-6-13(8-17)23-16(22)20-9-12-4-3-5-15(18)14(12)10-20/h3-5,13,19H,6-10H2,1-2H3. The number of hydrogen-bond acceptors (Lipinski definition) is 4. The van der Waals surface area contributed by atoms with Crippen LogP contribution in [0.5, 0.6) is 0 Å². The van der Waals surface area contributed by atoms with E-state index in [0.717, 1.165) is 5.56 Å². The van der Waals surface area contributed by atoms with Gasteiger partial charge in [0.1, 0.15) is 17.7 Å². The third-order valence-electron chi connectivity index (χ3n) is 5.07. The first-order chi connectivity index (χ1) is 10.9. The van der Waals surface area contributed by atoms with Crippen LogP contribution in [0.2, 0.25) is 0 Å². The number of nitrogens with zero attached hydrogens (tertiary/aromatic N) is 1. The molecular weight excluding hydrogens is 299 g/mol. The van der Waals surface area contributed by atoms with E-state index in [1.165, 1.54) is 11.0 Å². The second kappa shape index (κ2) is 5.92. The lowest BCUT2D eigenvalue weighted by atomic mass is 9.93. The molecule has 124 valence electrons. The van der Waals surface area contributed by atoms with Gasteiger partial charge in [0.05, 0.1) is 12.1 Å². The number of benzene rings is 1. The van der Waals surface area contributed by atoms with Gasteiger partial charge >= 0.3 is 6.09 Å². The van der Waals surface area contributed by atoms with Crippen molar-refractivity contribution in [2.45, 2.75) is 50.9 Å². The molecule has 1 aromatic carbocycles. The van der Waals surface area contributed by atoms with Crippen LogP contribution >= 0.6 is 0 Å². The highest BCUT2D eigenvalue weighted by Gasteiger charge is 2.44. The lowest BCUT2D eigenvalue weighted by Crippen LogP contribution is -2.47. The lowest BCUT2D eigenvalue weighted by molar-refractivity contribution is -0.123. The summed E-state index contributed by atoms with van der Waals surface area (Å²) in [6.45, 7) is 2.15. The van der Waals surface area contributed by atoms with Crippen molar-refractivity contribution in [3.05, 3.63) is 35.1 Å². The molecule has 1 aliphatic heterocycles. The molecule has 1 fully saturated rings. The number of carbonyl (C=O) groups is 2. The van der Waals surface area contributed by atoms with Crippen LogP contribution in [0.25, 0.3) is 0 Å². The number of nitrogens with one attached hydrogen (secondary N) is 1. The Hall–Kier alpha value is -1.95. The molecule has 1 amide bonds. The van der Waals surface area contributed by atoms with E-state index in [9.17, 15) is 14.0 Å². The Morgan fingerprint density at radius 2 is 2.17 bits per heavy atom. The second-order valence-corrected chi connectivity index (χ2v) is 6.37. The number of rotatable bonds is 3. The van der Waals surface area contributed by atoms with Crippen molar-refractivity contribution in [2.75, 3.05) is 7.05 Å². The fourth-order valence-corrected chi connectivity index (χ4v) is 3.55. The molecule has 6 heteroatoms. The van der Waals surface area contributed by atoms with Crippen molar-refractivity contribution in [3.63, 3.8) is 0 Å². The smallest absolute Gasteiger partial charge is 0.410 e. The summed E-state index contributed by atoms with van der Waals surface area (Å²) >= 11 is 0. The number of amides is 1. The van der Waals surface area contributed by atoms with Crippen molar-refractivity contribution in [1.29, 1.82) is 0 Å². The first-order valence-corrected chi connectivity index (χ1v) is 7.87. The maximum absolute atomic E-state index is 13.7. The summed E-state index contributed by atoms with van der Waals surface area (Å²) in [7, 11) is 1.76. The van der Waals surface area contributed by atoms with Gasteiger partial charge in [-0.15, -0.1) is 0 Å². The van der Waals surface area contributed by atoms with Crippen molar-refractivity contribution >= 4 is 11.9 Å². The van der Waals surface area contributed by atoms with Crippen LogP contribution in [0.3, 0.4) is 0 Å². The Kier molecular flexibility index (Phi) is 4.10. The summed E-state index contributed by atoms with van der Waals surface area (Å²) in [5.41, 5.74) is 0.788. The summed E-state index contributed by atoms with van der Waals surface area (Å²) in [5.74, 6) is -0.223.